The number of halogens is 1. The number of anilines is 1. The van der Waals surface area contributed by atoms with Crippen molar-refractivity contribution in [2.24, 2.45) is 11.8 Å². The molecule has 0 fully saturated rings. The molecule has 5 nitrogen and oxygen atoms in total. The van der Waals surface area contributed by atoms with Crippen molar-refractivity contribution in [3.05, 3.63) is 35.6 Å². The smallest absolute Gasteiger partial charge is 0.307 e. The first kappa shape index (κ1) is 13.5. The lowest BCUT2D eigenvalue weighted by Gasteiger charge is -2.24. The van der Waals surface area contributed by atoms with Crippen molar-refractivity contribution < 1.29 is 14.7 Å². The first-order valence-corrected chi connectivity index (χ1v) is 6.26. The molecular weight excluding hydrogens is 268 g/mol. The Bertz CT molecular complexity index is 530. The molecule has 0 spiro atoms. The van der Waals surface area contributed by atoms with Gasteiger partial charge in [0.1, 0.15) is 0 Å². The molecule has 2 N–H and O–H groups in total. The van der Waals surface area contributed by atoms with Crippen LogP contribution in [0.15, 0.2) is 30.5 Å². The predicted molar refractivity (Wildman–Crippen MR) is 70.9 cm³/mol. The van der Waals surface area contributed by atoms with Crippen LogP contribution in [0.4, 0.5) is 5.69 Å². The van der Waals surface area contributed by atoms with Crippen molar-refractivity contribution >= 4 is 29.2 Å². The van der Waals surface area contributed by atoms with Crippen molar-refractivity contribution in [2.75, 3.05) is 5.32 Å². The van der Waals surface area contributed by atoms with E-state index in [2.05, 4.69) is 10.3 Å². The summed E-state index contributed by atoms with van der Waals surface area (Å²) in [6.07, 6.45) is 5.92. The zero-order chi connectivity index (χ0) is 13.8. The molecule has 0 saturated carbocycles. The quantitative estimate of drug-likeness (QED) is 0.658. The van der Waals surface area contributed by atoms with Gasteiger partial charge in [0.25, 0.3) is 0 Å². The molecule has 2 atom stereocenters. The SMILES string of the molecule is O=C(O)[C@H]1CC=CC[C@H]1C(=O)Nc1cccnc1Cl. The summed E-state index contributed by atoms with van der Waals surface area (Å²) in [5, 5.41) is 11.9. The molecule has 6 heteroatoms. The Balaban J connectivity index is 2.13. The maximum absolute atomic E-state index is 12.1. The molecule has 1 aliphatic carbocycles. The normalized spacial score (nSPS) is 21.9. The molecule has 2 rings (SSSR count). The van der Waals surface area contributed by atoms with Crippen LogP contribution < -0.4 is 5.32 Å². The summed E-state index contributed by atoms with van der Waals surface area (Å²) in [7, 11) is 0. The molecule has 0 aromatic carbocycles. The highest BCUT2D eigenvalue weighted by molar-refractivity contribution is 6.32. The number of aromatic nitrogens is 1. The molecule has 0 bridgehead atoms. The van der Waals surface area contributed by atoms with Gasteiger partial charge in [0.15, 0.2) is 5.15 Å². The molecule has 0 aliphatic heterocycles. The maximum Gasteiger partial charge on any atom is 0.307 e. The van der Waals surface area contributed by atoms with Crippen LogP contribution in [-0.4, -0.2) is 22.0 Å². The number of carbonyl (C=O) groups is 2. The summed E-state index contributed by atoms with van der Waals surface area (Å²) in [6.45, 7) is 0. The maximum atomic E-state index is 12.1. The highest BCUT2D eigenvalue weighted by Gasteiger charge is 2.34. The van der Waals surface area contributed by atoms with Crippen LogP contribution in [0, 0.1) is 11.8 Å². The highest BCUT2D eigenvalue weighted by atomic mass is 35.5. The summed E-state index contributed by atoms with van der Waals surface area (Å²) in [5.41, 5.74) is 0.396. The van der Waals surface area contributed by atoms with Gasteiger partial charge >= 0.3 is 5.97 Å². The first-order chi connectivity index (χ1) is 9.09. The van der Waals surface area contributed by atoms with E-state index in [1.54, 1.807) is 18.2 Å². The van der Waals surface area contributed by atoms with Crippen molar-refractivity contribution in [1.82, 2.24) is 4.98 Å². The Morgan fingerprint density at radius 3 is 2.63 bits per heavy atom. The molecular formula is C13H13ClN2O3. The largest absolute Gasteiger partial charge is 0.481 e. The summed E-state index contributed by atoms with van der Waals surface area (Å²) in [5.74, 6) is -2.58. The molecule has 1 aromatic rings. The number of pyridine rings is 1. The first-order valence-electron chi connectivity index (χ1n) is 5.88. The van der Waals surface area contributed by atoms with E-state index in [0.29, 0.717) is 18.5 Å². The van der Waals surface area contributed by atoms with Crippen LogP contribution in [0.2, 0.25) is 5.15 Å². The van der Waals surface area contributed by atoms with Gasteiger partial charge in [-0.1, -0.05) is 23.8 Å². The molecule has 1 aromatic heterocycles. The number of rotatable bonds is 3. The van der Waals surface area contributed by atoms with Gasteiger partial charge in [0.2, 0.25) is 5.91 Å². The lowest BCUT2D eigenvalue weighted by Crippen LogP contribution is -2.34. The average molecular weight is 281 g/mol. The van der Waals surface area contributed by atoms with E-state index in [0.717, 1.165) is 0 Å². The third kappa shape index (κ3) is 3.12. The zero-order valence-electron chi connectivity index (χ0n) is 10.0. The number of allylic oxidation sites excluding steroid dienone is 2. The predicted octanol–water partition coefficient (Wildman–Crippen LogP) is 2.34. The van der Waals surface area contributed by atoms with Gasteiger partial charge in [-0.2, -0.15) is 0 Å². The number of carboxylic acid groups (broad SMARTS) is 1. The second kappa shape index (κ2) is 5.84. The van der Waals surface area contributed by atoms with Gasteiger partial charge in [-0.3, -0.25) is 9.59 Å². The fourth-order valence-corrected chi connectivity index (χ4v) is 2.25. The Labute approximate surface area is 115 Å². The number of carboxylic acids is 1. The summed E-state index contributed by atoms with van der Waals surface area (Å²) in [6, 6.07) is 3.28. The monoisotopic (exact) mass is 280 g/mol. The van der Waals surface area contributed by atoms with E-state index in [1.165, 1.54) is 6.20 Å². The van der Waals surface area contributed by atoms with E-state index in [4.69, 9.17) is 16.7 Å². The zero-order valence-corrected chi connectivity index (χ0v) is 10.8. The molecule has 0 unspecified atom stereocenters. The minimum Gasteiger partial charge on any atom is -0.481 e. The van der Waals surface area contributed by atoms with Crippen LogP contribution in [0.25, 0.3) is 0 Å². The van der Waals surface area contributed by atoms with Gasteiger partial charge in [0.05, 0.1) is 17.5 Å². The molecule has 0 saturated heterocycles. The van der Waals surface area contributed by atoms with E-state index in [9.17, 15) is 9.59 Å². The van der Waals surface area contributed by atoms with Crippen molar-refractivity contribution in [2.45, 2.75) is 12.8 Å². The Hall–Kier alpha value is -1.88. The van der Waals surface area contributed by atoms with Crippen molar-refractivity contribution in [3.8, 4) is 0 Å². The number of nitrogens with one attached hydrogen (secondary N) is 1. The molecule has 0 radical (unpaired) electrons. The average Bonchev–Trinajstić information content (AvgIpc) is 2.41. The number of hydrogen-bond acceptors (Lipinski definition) is 3. The lowest BCUT2D eigenvalue weighted by atomic mass is 9.82. The number of amides is 1. The van der Waals surface area contributed by atoms with E-state index in [-0.39, 0.29) is 11.1 Å². The molecule has 1 aliphatic rings. The van der Waals surface area contributed by atoms with E-state index >= 15 is 0 Å². The Morgan fingerprint density at radius 1 is 1.32 bits per heavy atom. The molecule has 1 amide bonds. The third-order valence-corrected chi connectivity index (χ3v) is 3.40. The number of carbonyl (C=O) groups excluding carboxylic acids is 1. The van der Waals surface area contributed by atoms with Crippen LogP contribution >= 0.6 is 11.6 Å². The van der Waals surface area contributed by atoms with Gasteiger partial charge in [-0.05, 0) is 25.0 Å². The second-order valence-corrected chi connectivity index (χ2v) is 4.68. The van der Waals surface area contributed by atoms with Gasteiger partial charge in [0, 0.05) is 6.20 Å². The standard InChI is InChI=1S/C13H13ClN2O3/c14-11-10(6-3-7-15-11)16-12(17)8-4-1-2-5-9(8)13(18)19/h1-3,6-9H,4-5H2,(H,16,17)(H,18,19)/t8-,9+/m1/s1. The van der Waals surface area contributed by atoms with Gasteiger partial charge in [-0.25, -0.2) is 4.98 Å². The van der Waals surface area contributed by atoms with Gasteiger partial charge in [-0.15, -0.1) is 0 Å². The second-order valence-electron chi connectivity index (χ2n) is 4.33. The van der Waals surface area contributed by atoms with Crippen LogP contribution in [0.3, 0.4) is 0 Å². The topological polar surface area (TPSA) is 79.3 Å². The van der Waals surface area contributed by atoms with E-state index < -0.39 is 17.8 Å². The minimum absolute atomic E-state index is 0.189. The summed E-state index contributed by atoms with van der Waals surface area (Å²) in [4.78, 5) is 27.1. The summed E-state index contributed by atoms with van der Waals surface area (Å²) >= 11 is 5.85. The third-order valence-electron chi connectivity index (χ3n) is 3.10. The van der Waals surface area contributed by atoms with Crippen molar-refractivity contribution in [1.29, 1.82) is 0 Å². The highest BCUT2D eigenvalue weighted by Crippen LogP contribution is 2.28. The number of aliphatic carboxylic acids is 1. The van der Waals surface area contributed by atoms with Gasteiger partial charge < -0.3 is 10.4 Å². The Morgan fingerprint density at radius 2 is 2.00 bits per heavy atom. The van der Waals surface area contributed by atoms with Crippen LogP contribution in [-0.2, 0) is 9.59 Å². The minimum atomic E-state index is -0.957. The molecule has 19 heavy (non-hydrogen) atoms. The summed E-state index contributed by atoms with van der Waals surface area (Å²) < 4.78 is 0. The number of hydrogen-bond donors (Lipinski definition) is 2. The number of nitrogens with zero attached hydrogens (tertiary/aromatic N) is 1. The molecule has 100 valence electrons. The van der Waals surface area contributed by atoms with Crippen LogP contribution in [0.1, 0.15) is 12.8 Å². The molecule has 1 heterocycles. The Kier molecular flexibility index (Phi) is 4.16. The van der Waals surface area contributed by atoms with Crippen molar-refractivity contribution in [3.63, 3.8) is 0 Å². The van der Waals surface area contributed by atoms with Crippen LogP contribution in [0.5, 0.6) is 0 Å². The van der Waals surface area contributed by atoms with E-state index in [1.807, 2.05) is 6.08 Å². The fraction of sp³-hybridized carbons (Fsp3) is 0.308. The lowest BCUT2D eigenvalue weighted by molar-refractivity contribution is -0.146. The fourth-order valence-electron chi connectivity index (χ4n) is 2.08.